The van der Waals surface area contributed by atoms with Gasteiger partial charge in [0, 0.05) is 48.4 Å². The summed E-state index contributed by atoms with van der Waals surface area (Å²) in [6, 6.07) is 29.9. The average molecular weight is 596 g/mol. The summed E-state index contributed by atoms with van der Waals surface area (Å²) in [5, 5.41) is 0. The lowest BCUT2D eigenvalue weighted by atomic mass is 10.0. The lowest BCUT2D eigenvalue weighted by Crippen LogP contribution is -2.12. The summed E-state index contributed by atoms with van der Waals surface area (Å²) in [4.78, 5) is 17.9. The third-order valence-corrected chi connectivity index (χ3v) is 7.18. The van der Waals surface area contributed by atoms with Crippen molar-refractivity contribution in [1.82, 2.24) is 9.55 Å². The first-order valence-corrected chi connectivity index (χ1v) is 14.7. The second kappa shape index (κ2) is 15.3. The van der Waals surface area contributed by atoms with Gasteiger partial charge in [0.25, 0.3) is 0 Å². The van der Waals surface area contributed by atoms with Crippen molar-refractivity contribution in [1.29, 1.82) is 0 Å². The Morgan fingerprint density at radius 1 is 0.705 bits per heavy atom. The van der Waals surface area contributed by atoms with Gasteiger partial charge >= 0.3 is 0 Å². The average Bonchev–Trinajstić information content (AvgIpc) is 3.42. The Morgan fingerprint density at radius 3 is 1.95 bits per heavy atom. The number of hydrogen-bond acceptors (Lipinski definition) is 5. The first kappa shape index (κ1) is 30.9. The zero-order valence-corrected chi connectivity index (χ0v) is 24.4. The molecule has 0 amide bonds. The number of rotatable bonds is 15. The number of hydrogen-bond donors (Lipinski definition) is 1. The van der Waals surface area contributed by atoms with Gasteiger partial charge in [0.1, 0.15) is 17.5 Å². The monoisotopic (exact) mass is 595 g/mol. The van der Waals surface area contributed by atoms with E-state index in [9.17, 15) is 13.6 Å². The number of ketones is 1. The molecule has 0 bridgehead atoms. The molecule has 6 nitrogen and oxygen atoms in total. The number of nitrogens with zero attached hydrogens (tertiary/aromatic N) is 2. The van der Waals surface area contributed by atoms with E-state index in [0.29, 0.717) is 63.6 Å². The van der Waals surface area contributed by atoms with Crippen molar-refractivity contribution < 1.29 is 23.0 Å². The molecule has 5 aromatic rings. The lowest BCUT2D eigenvalue weighted by molar-refractivity contribution is 0.0489. The van der Waals surface area contributed by atoms with Crippen LogP contribution < -0.4 is 5.73 Å². The van der Waals surface area contributed by atoms with Gasteiger partial charge in [-0.1, -0.05) is 54.6 Å². The van der Waals surface area contributed by atoms with E-state index in [-0.39, 0.29) is 17.4 Å². The van der Waals surface area contributed by atoms with Gasteiger partial charge < -0.3 is 19.8 Å². The van der Waals surface area contributed by atoms with Gasteiger partial charge in [-0.05, 0) is 60.5 Å². The number of benzene rings is 4. The van der Waals surface area contributed by atoms with Crippen LogP contribution in [0.4, 0.5) is 8.78 Å². The number of carbonyl (C=O) groups is 1. The fraction of sp³-hybridized carbons (Fsp3) is 0.222. The van der Waals surface area contributed by atoms with E-state index < -0.39 is 0 Å². The Bertz CT molecular complexity index is 1640. The fourth-order valence-corrected chi connectivity index (χ4v) is 4.99. The summed E-state index contributed by atoms with van der Waals surface area (Å²) < 4.78 is 40.7. The van der Waals surface area contributed by atoms with Crippen molar-refractivity contribution in [3.63, 3.8) is 0 Å². The molecule has 0 aliphatic rings. The van der Waals surface area contributed by atoms with E-state index in [0.717, 1.165) is 33.8 Å². The molecule has 0 fully saturated rings. The van der Waals surface area contributed by atoms with E-state index >= 15 is 0 Å². The molecule has 1 heterocycles. The van der Waals surface area contributed by atoms with E-state index in [4.69, 9.17) is 20.2 Å². The van der Waals surface area contributed by atoms with Crippen LogP contribution in [0.5, 0.6) is 0 Å². The smallest absolute Gasteiger partial charge is 0.162 e. The highest BCUT2D eigenvalue weighted by Crippen LogP contribution is 2.37. The third-order valence-electron chi connectivity index (χ3n) is 7.18. The van der Waals surface area contributed by atoms with E-state index in [1.807, 2.05) is 54.6 Å². The van der Waals surface area contributed by atoms with Gasteiger partial charge in [-0.25, -0.2) is 13.8 Å². The van der Waals surface area contributed by atoms with Crippen LogP contribution in [0.15, 0.2) is 103 Å². The maximum absolute atomic E-state index is 14.0. The second-order valence-electron chi connectivity index (χ2n) is 10.3. The van der Waals surface area contributed by atoms with Crippen molar-refractivity contribution in [3.05, 3.63) is 126 Å². The van der Waals surface area contributed by atoms with Crippen molar-refractivity contribution in [3.8, 4) is 33.9 Å². The number of ether oxygens (including phenoxy) is 2. The first-order chi connectivity index (χ1) is 21.5. The maximum atomic E-state index is 14.0. The Balaban J connectivity index is 1.41. The molecular weight excluding hydrogens is 560 g/mol. The maximum Gasteiger partial charge on any atom is 0.162 e. The molecule has 0 aliphatic heterocycles. The Morgan fingerprint density at radius 2 is 1.32 bits per heavy atom. The SMILES string of the molecule is NCCOCCOCCCC(=O)c1ccc(Cn2c(-c3ccccc3)nc(-c3ccc(F)cc3)c2-c2ccc(F)cc2)cc1. The van der Waals surface area contributed by atoms with Crippen molar-refractivity contribution in [2.45, 2.75) is 19.4 Å². The molecule has 4 aromatic carbocycles. The van der Waals surface area contributed by atoms with Crippen LogP contribution in [0.3, 0.4) is 0 Å². The van der Waals surface area contributed by atoms with Gasteiger partial charge in [0.05, 0.1) is 31.2 Å². The minimum Gasteiger partial charge on any atom is -0.379 e. The number of nitrogens with two attached hydrogens (primary N) is 1. The third kappa shape index (κ3) is 7.90. The van der Waals surface area contributed by atoms with Crippen molar-refractivity contribution in [2.24, 2.45) is 5.73 Å². The zero-order valence-electron chi connectivity index (χ0n) is 24.4. The summed E-state index contributed by atoms with van der Waals surface area (Å²) in [6.45, 7) is 2.89. The number of aromatic nitrogens is 2. The number of Topliss-reactive ketones (excluding diaryl/α,β-unsaturated/α-hetero) is 1. The molecule has 44 heavy (non-hydrogen) atoms. The van der Waals surface area contributed by atoms with Crippen LogP contribution in [0.1, 0.15) is 28.8 Å². The standard InChI is InChI=1S/C36H35F2N3O3/c37-31-16-12-28(13-17-31)34-35(29-14-18-32(38)19-15-29)41(36(40-34)30-5-2-1-3-6-30)25-26-8-10-27(11-9-26)33(42)7-4-21-43-23-24-44-22-20-39/h1-3,5-6,8-19H,4,7,20-25,39H2. The van der Waals surface area contributed by atoms with Crippen LogP contribution in [0.2, 0.25) is 0 Å². The fourth-order valence-electron chi connectivity index (χ4n) is 4.99. The highest BCUT2D eigenvalue weighted by atomic mass is 19.1. The van der Waals surface area contributed by atoms with Crippen molar-refractivity contribution in [2.75, 3.05) is 33.0 Å². The van der Waals surface area contributed by atoms with Gasteiger partial charge in [-0.15, -0.1) is 0 Å². The minimum atomic E-state index is -0.338. The molecule has 1 aromatic heterocycles. The molecule has 0 saturated carbocycles. The Hall–Kier alpha value is -4.50. The second-order valence-corrected chi connectivity index (χ2v) is 10.3. The van der Waals surface area contributed by atoms with Gasteiger partial charge in [-0.2, -0.15) is 0 Å². The predicted octanol–water partition coefficient (Wildman–Crippen LogP) is 7.17. The van der Waals surface area contributed by atoms with Crippen LogP contribution in [-0.2, 0) is 16.0 Å². The molecule has 0 atom stereocenters. The van der Waals surface area contributed by atoms with Crippen LogP contribution in [0, 0.1) is 11.6 Å². The lowest BCUT2D eigenvalue weighted by Gasteiger charge is -2.14. The summed E-state index contributed by atoms with van der Waals surface area (Å²) >= 11 is 0. The first-order valence-electron chi connectivity index (χ1n) is 14.7. The molecule has 226 valence electrons. The molecular formula is C36H35F2N3O3. The summed E-state index contributed by atoms with van der Waals surface area (Å²) in [6.07, 6.45) is 1.01. The molecule has 2 N–H and O–H groups in total. The van der Waals surface area contributed by atoms with Gasteiger partial charge in [-0.3, -0.25) is 4.79 Å². The summed E-state index contributed by atoms with van der Waals surface area (Å²) in [5.74, 6) is 0.0974. The number of carbonyl (C=O) groups excluding carboxylic acids is 1. The van der Waals surface area contributed by atoms with Crippen LogP contribution >= 0.6 is 0 Å². The Labute approximate surface area is 256 Å². The zero-order chi connectivity index (χ0) is 30.7. The van der Waals surface area contributed by atoms with Crippen molar-refractivity contribution >= 4 is 5.78 Å². The molecule has 0 aliphatic carbocycles. The normalized spacial score (nSPS) is 11.2. The molecule has 5 rings (SSSR count). The predicted molar refractivity (Wildman–Crippen MR) is 168 cm³/mol. The summed E-state index contributed by atoms with van der Waals surface area (Å²) in [5.41, 5.74) is 10.9. The van der Waals surface area contributed by atoms with Gasteiger partial charge in [0.15, 0.2) is 5.78 Å². The molecule has 0 saturated heterocycles. The largest absolute Gasteiger partial charge is 0.379 e. The number of halogens is 2. The Kier molecular flexibility index (Phi) is 10.8. The number of imidazole rings is 1. The highest BCUT2D eigenvalue weighted by molar-refractivity contribution is 5.96. The molecule has 0 spiro atoms. The van der Waals surface area contributed by atoms with E-state index in [1.54, 1.807) is 24.3 Å². The van der Waals surface area contributed by atoms with Crippen LogP contribution in [0.25, 0.3) is 33.9 Å². The quantitative estimate of drug-likeness (QED) is 0.103. The van der Waals surface area contributed by atoms with E-state index in [1.165, 1.54) is 24.3 Å². The van der Waals surface area contributed by atoms with Gasteiger partial charge in [0.2, 0.25) is 0 Å². The highest BCUT2D eigenvalue weighted by Gasteiger charge is 2.22. The molecule has 0 radical (unpaired) electrons. The summed E-state index contributed by atoms with van der Waals surface area (Å²) in [7, 11) is 0. The van der Waals surface area contributed by atoms with E-state index in [2.05, 4.69) is 4.57 Å². The molecule has 0 unspecified atom stereocenters. The van der Waals surface area contributed by atoms with Crippen LogP contribution in [-0.4, -0.2) is 48.3 Å². The topological polar surface area (TPSA) is 79.4 Å². The molecule has 8 heteroatoms. The minimum absolute atomic E-state index is 0.0535.